The number of hydrogen-bond donors (Lipinski definition) is 0. The molecule has 128 valence electrons. The third-order valence-corrected chi connectivity index (χ3v) is 8.68. The van der Waals surface area contributed by atoms with Gasteiger partial charge in [-0.05, 0) is 91.1 Å². The minimum Gasteiger partial charge on any atom is -0.501 e. The van der Waals surface area contributed by atoms with Gasteiger partial charge in [-0.2, -0.15) is 5.26 Å². The lowest BCUT2D eigenvalue weighted by Crippen LogP contribution is -2.48. The molecule has 3 saturated carbocycles. The smallest absolute Gasteiger partial charge is 0.0958 e. The number of hydrogen-bond acceptors (Lipinski definition) is 2. The van der Waals surface area contributed by atoms with Crippen molar-refractivity contribution in [1.29, 1.82) is 5.26 Å². The Morgan fingerprint density at radius 2 is 2.12 bits per heavy atom. The van der Waals surface area contributed by atoms with Crippen molar-refractivity contribution < 1.29 is 4.74 Å². The summed E-state index contributed by atoms with van der Waals surface area (Å²) in [4.78, 5) is 0. The Kier molecular flexibility index (Phi) is 3.22. The Balaban J connectivity index is 1.50. The fourth-order valence-electron chi connectivity index (χ4n) is 7.69. The van der Waals surface area contributed by atoms with E-state index in [4.69, 9.17) is 4.74 Å². The van der Waals surface area contributed by atoms with Gasteiger partial charge in [0.1, 0.15) is 0 Å². The van der Waals surface area contributed by atoms with E-state index in [2.05, 4.69) is 25.1 Å². The quantitative estimate of drug-likeness (QED) is 0.709. The highest BCUT2D eigenvalue weighted by molar-refractivity contribution is 5.33. The van der Waals surface area contributed by atoms with Crippen LogP contribution < -0.4 is 0 Å². The molecule has 5 aliphatic carbocycles. The van der Waals surface area contributed by atoms with Crippen LogP contribution in [0.3, 0.4) is 0 Å². The molecule has 3 fully saturated rings. The molecule has 2 nitrogen and oxygen atoms in total. The van der Waals surface area contributed by atoms with Crippen molar-refractivity contribution >= 4 is 0 Å². The number of nitriles is 1. The van der Waals surface area contributed by atoms with Gasteiger partial charge in [0.15, 0.2) is 0 Å². The zero-order valence-corrected chi connectivity index (χ0v) is 15.0. The maximum Gasteiger partial charge on any atom is 0.0958 e. The molecule has 4 unspecified atom stereocenters. The van der Waals surface area contributed by atoms with Gasteiger partial charge < -0.3 is 4.74 Å². The lowest BCUT2D eigenvalue weighted by atomic mass is 9.49. The number of nitrogens with zero attached hydrogens (tertiary/aromatic N) is 1. The summed E-state index contributed by atoms with van der Waals surface area (Å²) >= 11 is 0. The van der Waals surface area contributed by atoms with Crippen LogP contribution in [0.4, 0.5) is 0 Å². The first-order valence-electron chi connectivity index (χ1n) is 10.1. The fourth-order valence-corrected chi connectivity index (χ4v) is 7.69. The van der Waals surface area contributed by atoms with Gasteiger partial charge in [0, 0.05) is 6.42 Å². The van der Waals surface area contributed by atoms with Crippen LogP contribution >= 0.6 is 0 Å². The van der Waals surface area contributed by atoms with E-state index >= 15 is 0 Å². The third-order valence-electron chi connectivity index (χ3n) is 8.68. The minimum atomic E-state index is 0.357. The van der Waals surface area contributed by atoms with E-state index in [1.54, 1.807) is 5.57 Å². The zero-order chi connectivity index (χ0) is 16.5. The summed E-state index contributed by atoms with van der Waals surface area (Å²) in [5, 5.41) is 9.85. The molecule has 0 bridgehead atoms. The molecule has 0 aromatic heterocycles. The molecule has 0 heterocycles. The molecule has 0 aromatic carbocycles. The summed E-state index contributed by atoms with van der Waals surface area (Å²) in [5.74, 6) is 6.46. The highest BCUT2D eigenvalue weighted by atomic mass is 16.5. The summed E-state index contributed by atoms with van der Waals surface area (Å²) in [6.07, 6.45) is 13.7. The largest absolute Gasteiger partial charge is 0.501 e. The van der Waals surface area contributed by atoms with E-state index in [1.807, 2.05) is 7.11 Å². The molecule has 0 radical (unpaired) electrons. The molecule has 0 spiro atoms. The molecule has 0 aromatic rings. The van der Waals surface area contributed by atoms with E-state index in [1.165, 1.54) is 44.3 Å². The molecular weight excluding hydrogens is 294 g/mol. The molecule has 0 N–H and O–H groups in total. The molecule has 24 heavy (non-hydrogen) atoms. The summed E-state index contributed by atoms with van der Waals surface area (Å²) in [6, 6.07) is 2.77. The van der Waals surface area contributed by atoms with Crippen LogP contribution in [0.25, 0.3) is 0 Å². The van der Waals surface area contributed by atoms with Crippen LogP contribution in [0.2, 0.25) is 0 Å². The van der Waals surface area contributed by atoms with E-state index in [-0.39, 0.29) is 0 Å². The van der Waals surface area contributed by atoms with Crippen LogP contribution in [0.1, 0.15) is 51.9 Å². The molecule has 5 aliphatic rings. The predicted octanol–water partition coefficient (Wildman–Crippen LogP) is 5.09. The first-order chi connectivity index (χ1) is 11.7. The molecule has 5 rings (SSSR count). The second-order valence-corrected chi connectivity index (χ2v) is 9.05. The van der Waals surface area contributed by atoms with Gasteiger partial charge in [-0.15, -0.1) is 0 Å². The Bertz CT molecular complexity index is 655. The third kappa shape index (κ3) is 1.77. The fraction of sp³-hybridized carbons (Fsp3) is 0.773. The van der Waals surface area contributed by atoms with Crippen LogP contribution in [-0.2, 0) is 4.74 Å². The normalized spacial score (nSPS) is 51.1. The number of allylic oxidation sites excluding steroid dienone is 4. The monoisotopic (exact) mass is 323 g/mol. The molecule has 0 aliphatic heterocycles. The second kappa shape index (κ2) is 5.13. The average molecular weight is 323 g/mol. The minimum absolute atomic E-state index is 0.357. The highest BCUT2D eigenvalue weighted by Crippen LogP contribution is 2.75. The van der Waals surface area contributed by atoms with Gasteiger partial charge in [-0.1, -0.05) is 13.0 Å². The molecule has 0 saturated heterocycles. The molecule has 2 heteroatoms. The van der Waals surface area contributed by atoms with Crippen molar-refractivity contribution in [2.45, 2.75) is 51.9 Å². The number of fused-ring (bicyclic) bond motifs is 7. The van der Waals surface area contributed by atoms with Crippen molar-refractivity contribution in [1.82, 2.24) is 0 Å². The number of rotatable bonds is 2. The van der Waals surface area contributed by atoms with Crippen LogP contribution in [-0.4, -0.2) is 7.11 Å². The van der Waals surface area contributed by atoms with Gasteiger partial charge in [0.05, 0.1) is 24.9 Å². The second-order valence-electron chi connectivity index (χ2n) is 9.05. The van der Waals surface area contributed by atoms with Crippen molar-refractivity contribution in [3.05, 3.63) is 23.5 Å². The summed E-state index contributed by atoms with van der Waals surface area (Å²) < 4.78 is 5.52. The van der Waals surface area contributed by atoms with E-state index in [0.29, 0.717) is 11.3 Å². The van der Waals surface area contributed by atoms with Gasteiger partial charge >= 0.3 is 0 Å². The highest BCUT2D eigenvalue weighted by Gasteiger charge is 2.70. The van der Waals surface area contributed by atoms with Gasteiger partial charge in [0.25, 0.3) is 0 Å². The SMILES string of the molecule is CC[C@]12CCC3C4CCC(OC)=CC4=CCC3C1[C@@H]1C[C@@H]1[C@@H]2C#N. The number of ether oxygens (including phenoxy) is 1. The van der Waals surface area contributed by atoms with Crippen LogP contribution in [0.5, 0.6) is 0 Å². The lowest BCUT2D eigenvalue weighted by molar-refractivity contribution is -0.0331. The molecule has 0 amide bonds. The standard InChI is InChI=1S/C22H29NO/c1-3-22-9-8-16-15-7-5-14(24-2)10-13(15)4-6-17(16)21(22)19-11-18(19)20(22)12-23/h4,10,15-21H,3,5-9,11H2,1-2H3/t15?,16?,17?,18-,19+,20-,21?,22+/m0/s1. The van der Waals surface area contributed by atoms with Crippen molar-refractivity contribution in [3.8, 4) is 6.07 Å². The Morgan fingerprint density at radius 1 is 1.25 bits per heavy atom. The number of methoxy groups -OCH3 is 1. The van der Waals surface area contributed by atoms with Crippen molar-refractivity contribution in [2.24, 2.45) is 46.8 Å². The van der Waals surface area contributed by atoms with Gasteiger partial charge in [0.2, 0.25) is 0 Å². The maximum atomic E-state index is 9.85. The topological polar surface area (TPSA) is 33.0 Å². The van der Waals surface area contributed by atoms with Crippen molar-refractivity contribution in [2.75, 3.05) is 7.11 Å². The van der Waals surface area contributed by atoms with Gasteiger partial charge in [-0.25, -0.2) is 0 Å². The van der Waals surface area contributed by atoms with E-state index in [0.717, 1.165) is 41.9 Å². The predicted molar refractivity (Wildman–Crippen MR) is 93.6 cm³/mol. The Hall–Kier alpha value is -1.23. The zero-order valence-electron chi connectivity index (χ0n) is 15.0. The first kappa shape index (κ1) is 15.1. The Labute approximate surface area is 146 Å². The summed E-state index contributed by atoms with van der Waals surface area (Å²) in [6.45, 7) is 2.36. The molecule has 8 atom stereocenters. The Morgan fingerprint density at radius 3 is 2.88 bits per heavy atom. The van der Waals surface area contributed by atoms with Crippen molar-refractivity contribution in [3.63, 3.8) is 0 Å². The van der Waals surface area contributed by atoms with E-state index < -0.39 is 0 Å². The maximum absolute atomic E-state index is 9.85. The first-order valence-corrected chi connectivity index (χ1v) is 10.1. The summed E-state index contributed by atoms with van der Waals surface area (Å²) in [5.41, 5.74) is 1.92. The molecular formula is C22H29NO. The van der Waals surface area contributed by atoms with Crippen LogP contribution in [0, 0.1) is 58.2 Å². The lowest BCUT2D eigenvalue weighted by Gasteiger charge is -2.54. The van der Waals surface area contributed by atoms with Crippen LogP contribution in [0.15, 0.2) is 23.5 Å². The summed E-state index contributed by atoms with van der Waals surface area (Å²) in [7, 11) is 1.81. The average Bonchev–Trinajstić information content (AvgIpc) is 3.35. The van der Waals surface area contributed by atoms with Gasteiger partial charge in [-0.3, -0.25) is 0 Å². The van der Waals surface area contributed by atoms with E-state index in [9.17, 15) is 5.26 Å².